The fourth-order valence-corrected chi connectivity index (χ4v) is 3.79. The first kappa shape index (κ1) is 29.7. The normalized spacial score (nSPS) is 24.7. The Morgan fingerprint density at radius 1 is 0.974 bits per heavy atom. The molecule has 1 fully saturated rings. The second kappa shape index (κ2) is 12.3. The molecule has 1 saturated heterocycles. The molecule has 39 heavy (non-hydrogen) atoms. The SMILES string of the molecule is C[C@@](COC(=O)C=Cc1ccc(OC2OC(CO)C(O)C(O)C2O)c(O)c1)(Cc1ccc(O)c(O)c1)C(=O)O. The van der Waals surface area contributed by atoms with Gasteiger partial charge in [-0.15, -0.1) is 0 Å². The Labute approximate surface area is 222 Å². The second-order valence-corrected chi connectivity index (χ2v) is 9.35. The number of hydrogen-bond donors (Lipinski definition) is 8. The maximum atomic E-state index is 12.2. The van der Waals surface area contributed by atoms with Crippen LogP contribution in [0.3, 0.4) is 0 Å². The highest BCUT2D eigenvalue weighted by atomic mass is 16.7. The van der Waals surface area contributed by atoms with Crippen LogP contribution in [0.15, 0.2) is 42.5 Å². The molecule has 8 N–H and O–H groups in total. The van der Waals surface area contributed by atoms with Crippen molar-refractivity contribution in [1.29, 1.82) is 0 Å². The van der Waals surface area contributed by atoms with Crippen LogP contribution in [0.2, 0.25) is 0 Å². The van der Waals surface area contributed by atoms with E-state index in [1.807, 2.05) is 0 Å². The fourth-order valence-electron chi connectivity index (χ4n) is 3.79. The Kier molecular flexibility index (Phi) is 9.37. The monoisotopic (exact) mass is 550 g/mol. The average molecular weight is 551 g/mol. The number of aliphatic hydroxyl groups excluding tert-OH is 4. The molecule has 0 bridgehead atoms. The van der Waals surface area contributed by atoms with Gasteiger partial charge in [0.05, 0.1) is 6.61 Å². The van der Waals surface area contributed by atoms with Gasteiger partial charge in [-0.3, -0.25) is 4.79 Å². The minimum atomic E-state index is -1.67. The van der Waals surface area contributed by atoms with E-state index in [4.69, 9.17) is 14.2 Å². The molecule has 2 aromatic carbocycles. The minimum absolute atomic E-state index is 0.100. The number of aliphatic hydroxyl groups is 4. The summed E-state index contributed by atoms with van der Waals surface area (Å²) in [5.74, 6) is -3.45. The first-order valence-corrected chi connectivity index (χ1v) is 11.7. The number of carbonyl (C=O) groups excluding carboxylic acids is 1. The van der Waals surface area contributed by atoms with Gasteiger partial charge >= 0.3 is 11.9 Å². The van der Waals surface area contributed by atoms with E-state index in [9.17, 15) is 50.4 Å². The van der Waals surface area contributed by atoms with Crippen LogP contribution in [0.4, 0.5) is 0 Å². The number of aliphatic carboxylic acids is 1. The molecular weight excluding hydrogens is 520 g/mol. The van der Waals surface area contributed by atoms with E-state index < -0.39 is 72.8 Å². The van der Waals surface area contributed by atoms with Gasteiger partial charge in [-0.05, 0) is 54.8 Å². The predicted molar refractivity (Wildman–Crippen MR) is 132 cm³/mol. The molecule has 13 nitrogen and oxygen atoms in total. The van der Waals surface area contributed by atoms with Crippen molar-refractivity contribution in [2.75, 3.05) is 13.2 Å². The highest BCUT2D eigenvalue weighted by molar-refractivity contribution is 5.87. The molecule has 2 aromatic rings. The molecule has 0 aliphatic carbocycles. The number of benzene rings is 2. The quantitative estimate of drug-likeness (QED) is 0.110. The van der Waals surface area contributed by atoms with Gasteiger partial charge < -0.3 is 55.1 Å². The lowest BCUT2D eigenvalue weighted by Crippen LogP contribution is -2.60. The van der Waals surface area contributed by atoms with Crippen molar-refractivity contribution in [2.45, 2.75) is 44.1 Å². The number of phenolic OH excluding ortho intramolecular Hbond substituents is 3. The number of esters is 1. The third-order valence-corrected chi connectivity index (χ3v) is 6.17. The Hall–Kier alpha value is -3.88. The van der Waals surface area contributed by atoms with Crippen LogP contribution in [0.25, 0.3) is 6.08 Å². The zero-order valence-electron chi connectivity index (χ0n) is 20.7. The molecule has 1 aliphatic heterocycles. The van der Waals surface area contributed by atoms with Crippen molar-refractivity contribution < 1.29 is 64.7 Å². The summed E-state index contributed by atoms with van der Waals surface area (Å²) < 4.78 is 15.7. The van der Waals surface area contributed by atoms with Crippen LogP contribution in [-0.2, 0) is 25.5 Å². The smallest absolute Gasteiger partial charge is 0.330 e. The molecule has 1 heterocycles. The summed E-state index contributed by atoms with van der Waals surface area (Å²) in [5, 5.41) is 78.1. The van der Waals surface area contributed by atoms with E-state index in [2.05, 4.69) is 0 Å². The number of phenols is 3. The highest BCUT2D eigenvalue weighted by Crippen LogP contribution is 2.32. The van der Waals surface area contributed by atoms with E-state index in [1.165, 1.54) is 49.4 Å². The molecular formula is C26H30O13. The summed E-state index contributed by atoms with van der Waals surface area (Å²) >= 11 is 0. The van der Waals surface area contributed by atoms with Crippen LogP contribution >= 0.6 is 0 Å². The summed E-state index contributed by atoms with van der Waals surface area (Å²) in [4.78, 5) is 24.1. The topological polar surface area (TPSA) is 224 Å². The van der Waals surface area contributed by atoms with Crippen LogP contribution in [0, 0.1) is 5.41 Å². The van der Waals surface area contributed by atoms with E-state index in [0.717, 1.165) is 6.08 Å². The zero-order chi connectivity index (χ0) is 28.9. The molecule has 0 saturated carbocycles. The largest absolute Gasteiger partial charge is 0.504 e. The summed E-state index contributed by atoms with van der Waals surface area (Å²) in [7, 11) is 0. The van der Waals surface area contributed by atoms with Crippen molar-refractivity contribution in [3.63, 3.8) is 0 Å². The number of ether oxygens (including phenoxy) is 3. The second-order valence-electron chi connectivity index (χ2n) is 9.35. The fraction of sp³-hybridized carbons (Fsp3) is 0.385. The lowest BCUT2D eigenvalue weighted by molar-refractivity contribution is -0.277. The van der Waals surface area contributed by atoms with E-state index >= 15 is 0 Å². The van der Waals surface area contributed by atoms with Gasteiger partial charge in [0.1, 0.15) is 36.4 Å². The Morgan fingerprint density at radius 3 is 2.31 bits per heavy atom. The van der Waals surface area contributed by atoms with Crippen molar-refractivity contribution in [2.24, 2.45) is 5.41 Å². The molecule has 6 atom stereocenters. The summed E-state index contributed by atoms with van der Waals surface area (Å²) in [6.07, 6.45) is -5.40. The maximum Gasteiger partial charge on any atom is 0.330 e. The predicted octanol–water partition coefficient (Wildman–Crippen LogP) is -0.128. The van der Waals surface area contributed by atoms with Gasteiger partial charge in [0.15, 0.2) is 23.0 Å². The maximum absolute atomic E-state index is 12.2. The first-order chi connectivity index (χ1) is 18.3. The molecule has 1 aliphatic rings. The zero-order valence-corrected chi connectivity index (χ0v) is 20.7. The third kappa shape index (κ3) is 7.16. The van der Waals surface area contributed by atoms with Gasteiger partial charge in [-0.2, -0.15) is 0 Å². The third-order valence-electron chi connectivity index (χ3n) is 6.17. The first-order valence-electron chi connectivity index (χ1n) is 11.7. The van der Waals surface area contributed by atoms with Gasteiger partial charge in [0.2, 0.25) is 6.29 Å². The lowest BCUT2D eigenvalue weighted by Gasteiger charge is -2.39. The van der Waals surface area contributed by atoms with Gasteiger partial charge in [-0.25, -0.2) is 4.79 Å². The minimum Gasteiger partial charge on any atom is -0.504 e. The van der Waals surface area contributed by atoms with Gasteiger partial charge in [0.25, 0.3) is 0 Å². The van der Waals surface area contributed by atoms with E-state index in [0.29, 0.717) is 11.1 Å². The van der Waals surface area contributed by atoms with Crippen molar-refractivity contribution >= 4 is 18.0 Å². The van der Waals surface area contributed by atoms with Crippen molar-refractivity contribution in [3.05, 3.63) is 53.6 Å². The molecule has 0 aromatic heterocycles. The van der Waals surface area contributed by atoms with Gasteiger partial charge in [-0.1, -0.05) is 12.1 Å². The highest BCUT2D eigenvalue weighted by Gasteiger charge is 2.45. The van der Waals surface area contributed by atoms with Crippen LogP contribution in [0.5, 0.6) is 23.0 Å². The standard InChI is InChI=1S/C26H30O13/c1-26(25(35)36,10-14-2-5-15(28)16(29)9-14)12-37-20(31)7-4-13-3-6-18(17(30)8-13)38-24-23(34)22(33)21(32)19(11-27)39-24/h2-9,19,21-24,27-30,32-34H,10-12H2,1H3,(H,35,36)/t19?,21?,22?,23?,24?,26-/m0/s1. The summed E-state index contributed by atoms with van der Waals surface area (Å²) in [6.45, 7) is 0.218. The van der Waals surface area contributed by atoms with Crippen LogP contribution in [0.1, 0.15) is 18.1 Å². The number of carboxylic acids is 1. The Bertz CT molecular complexity index is 1210. The van der Waals surface area contributed by atoms with Crippen LogP contribution < -0.4 is 4.74 Å². The average Bonchev–Trinajstić information content (AvgIpc) is 2.89. The Balaban J connectivity index is 1.61. The number of aromatic hydroxyl groups is 3. The molecule has 3 rings (SSSR count). The van der Waals surface area contributed by atoms with Gasteiger partial charge in [0, 0.05) is 6.08 Å². The number of rotatable bonds is 10. The van der Waals surface area contributed by atoms with Crippen molar-refractivity contribution in [1.82, 2.24) is 0 Å². The Morgan fingerprint density at radius 2 is 1.69 bits per heavy atom. The van der Waals surface area contributed by atoms with Crippen molar-refractivity contribution in [3.8, 4) is 23.0 Å². The molecule has 0 amide bonds. The number of hydrogen-bond acceptors (Lipinski definition) is 12. The summed E-state index contributed by atoms with van der Waals surface area (Å²) in [5.41, 5.74) is -0.802. The molecule has 212 valence electrons. The lowest BCUT2D eigenvalue weighted by atomic mass is 9.84. The number of carbonyl (C=O) groups is 2. The molecule has 0 radical (unpaired) electrons. The van der Waals surface area contributed by atoms with Crippen LogP contribution in [-0.4, -0.2) is 96.7 Å². The van der Waals surface area contributed by atoms with E-state index in [-0.39, 0.29) is 17.9 Å². The molecule has 0 spiro atoms. The number of carboxylic acid groups (broad SMARTS) is 1. The summed E-state index contributed by atoms with van der Waals surface area (Å²) in [6, 6.07) is 7.81. The molecule has 5 unspecified atom stereocenters. The molecule has 13 heteroatoms. The van der Waals surface area contributed by atoms with E-state index in [1.54, 1.807) is 0 Å².